The lowest BCUT2D eigenvalue weighted by atomic mass is 10.2. The SMILES string of the molecule is Cc1cc(Oc2ccc(-c3cncs3)cc2)ncc1N. The summed E-state index contributed by atoms with van der Waals surface area (Å²) in [5.41, 5.74) is 10.3. The Morgan fingerprint density at radius 2 is 1.95 bits per heavy atom. The molecule has 3 aromatic rings. The van der Waals surface area contributed by atoms with Gasteiger partial charge in [-0.25, -0.2) is 4.98 Å². The van der Waals surface area contributed by atoms with E-state index >= 15 is 0 Å². The fourth-order valence-electron chi connectivity index (χ4n) is 1.76. The van der Waals surface area contributed by atoms with Crippen LogP contribution in [0.5, 0.6) is 11.6 Å². The monoisotopic (exact) mass is 283 g/mol. The number of nitrogens with two attached hydrogens (primary N) is 1. The van der Waals surface area contributed by atoms with Crippen LogP contribution in [0.1, 0.15) is 5.56 Å². The van der Waals surface area contributed by atoms with Crippen LogP contribution in [-0.4, -0.2) is 9.97 Å². The van der Waals surface area contributed by atoms with Crippen LogP contribution >= 0.6 is 11.3 Å². The van der Waals surface area contributed by atoms with E-state index in [0.717, 1.165) is 21.8 Å². The summed E-state index contributed by atoms with van der Waals surface area (Å²) in [6, 6.07) is 9.68. The highest BCUT2D eigenvalue weighted by Gasteiger charge is 2.03. The summed E-state index contributed by atoms with van der Waals surface area (Å²) < 4.78 is 5.71. The van der Waals surface area contributed by atoms with Crippen LogP contribution in [0.4, 0.5) is 5.69 Å². The van der Waals surface area contributed by atoms with E-state index < -0.39 is 0 Å². The lowest BCUT2D eigenvalue weighted by Crippen LogP contribution is -1.93. The molecule has 0 atom stereocenters. The Kier molecular flexibility index (Phi) is 3.35. The molecule has 0 bridgehead atoms. The zero-order chi connectivity index (χ0) is 13.9. The standard InChI is InChI=1S/C15H13N3OS/c1-10-6-15(18-7-13(10)16)19-12-4-2-11(3-5-12)14-8-17-9-20-14/h2-9H,16H2,1H3. The van der Waals surface area contributed by atoms with Crippen molar-refractivity contribution in [1.82, 2.24) is 9.97 Å². The van der Waals surface area contributed by atoms with Crippen LogP contribution < -0.4 is 10.5 Å². The van der Waals surface area contributed by atoms with Gasteiger partial charge in [0.15, 0.2) is 0 Å². The summed E-state index contributed by atoms with van der Waals surface area (Å²) in [6.45, 7) is 1.93. The van der Waals surface area contributed by atoms with Gasteiger partial charge in [0, 0.05) is 12.3 Å². The summed E-state index contributed by atoms with van der Waals surface area (Å²) in [4.78, 5) is 9.36. The van der Waals surface area contributed by atoms with Gasteiger partial charge >= 0.3 is 0 Å². The summed E-state index contributed by atoms with van der Waals surface area (Å²) >= 11 is 1.61. The average Bonchev–Trinajstić information content (AvgIpc) is 2.98. The molecule has 0 aliphatic heterocycles. The lowest BCUT2D eigenvalue weighted by Gasteiger charge is -2.07. The predicted octanol–water partition coefficient (Wildman–Crippen LogP) is 3.89. The second-order valence-corrected chi connectivity index (χ2v) is 5.26. The number of ether oxygens (including phenoxy) is 1. The van der Waals surface area contributed by atoms with E-state index in [1.807, 2.05) is 49.0 Å². The summed E-state index contributed by atoms with van der Waals surface area (Å²) in [5, 5.41) is 0. The molecule has 5 heteroatoms. The van der Waals surface area contributed by atoms with Crippen molar-refractivity contribution >= 4 is 17.0 Å². The van der Waals surface area contributed by atoms with E-state index in [1.54, 1.807) is 17.5 Å². The van der Waals surface area contributed by atoms with Crippen molar-refractivity contribution in [3.05, 3.63) is 53.8 Å². The second kappa shape index (κ2) is 5.30. The first kappa shape index (κ1) is 12.6. The zero-order valence-corrected chi connectivity index (χ0v) is 11.7. The predicted molar refractivity (Wildman–Crippen MR) is 81.0 cm³/mol. The van der Waals surface area contributed by atoms with Gasteiger partial charge in [-0.3, -0.25) is 4.98 Å². The number of rotatable bonds is 3. The smallest absolute Gasteiger partial charge is 0.219 e. The molecule has 2 heterocycles. The Bertz CT molecular complexity index is 708. The molecule has 0 amide bonds. The number of aromatic nitrogens is 2. The van der Waals surface area contributed by atoms with E-state index in [1.165, 1.54) is 0 Å². The molecule has 0 radical (unpaired) electrons. The Balaban J connectivity index is 1.79. The molecule has 2 aromatic heterocycles. The Morgan fingerprint density at radius 3 is 2.60 bits per heavy atom. The fourth-order valence-corrected chi connectivity index (χ4v) is 2.39. The number of hydrogen-bond acceptors (Lipinski definition) is 5. The third kappa shape index (κ3) is 2.62. The first-order chi connectivity index (χ1) is 9.72. The number of aryl methyl sites for hydroxylation is 1. The highest BCUT2D eigenvalue weighted by Crippen LogP contribution is 2.27. The third-order valence-electron chi connectivity index (χ3n) is 2.92. The fraction of sp³-hybridized carbons (Fsp3) is 0.0667. The van der Waals surface area contributed by atoms with E-state index in [0.29, 0.717) is 11.6 Å². The molecule has 100 valence electrons. The average molecular weight is 283 g/mol. The highest BCUT2D eigenvalue weighted by molar-refractivity contribution is 7.13. The van der Waals surface area contributed by atoms with E-state index in [9.17, 15) is 0 Å². The normalized spacial score (nSPS) is 10.4. The first-order valence-corrected chi connectivity index (χ1v) is 6.99. The maximum Gasteiger partial charge on any atom is 0.219 e. The van der Waals surface area contributed by atoms with Crippen molar-refractivity contribution in [2.45, 2.75) is 6.92 Å². The number of hydrogen-bond donors (Lipinski definition) is 1. The number of thiazole rings is 1. The molecule has 0 saturated carbocycles. The van der Waals surface area contributed by atoms with Crippen LogP contribution in [0.25, 0.3) is 10.4 Å². The van der Waals surface area contributed by atoms with E-state index in [2.05, 4.69) is 9.97 Å². The minimum atomic E-state index is 0.544. The minimum Gasteiger partial charge on any atom is -0.439 e. The summed E-state index contributed by atoms with van der Waals surface area (Å²) in [6.07, 6.45) is 3.46. The molecular weight excluding hydrogens is 270 g/mol. The van der Waals surface area contributed by atoms with Crippen LogP contribution in [0.2, 0.25) is 0 Å². The summed E-state index contributed by atoms with van der Waals surface area (Å²) in [5.74, 6) is 1.29. The maximum atomic E-state index is 5.73. The molecule has 20 heavy (non-hydrogen) atoms. The highest BCUT2D eigenvalue weighted by atomic mass is 32.1. The molecule has 3 rings (SSSR count). The van der Waals surface area contributed by atoms with Crippen LogP contribution in [0, 0.1) is 6.92 Å². The zero-order valence-electron chi connectivity index (χ0n) is 10.9. The van der Waals surface area contributed by atoms with Crippen molar-refractivity contribution in [3.8, 4) is 22.1 Å². The van der Waals surface area contributed by atoms with Gasteiger partial charge in [-0.15, -0.1) is 11.3 Å². The van der Waals surface area contributed by atoms with Gasteiger partial charge in [-0.1, -0.05) is 0 Å². The van der Waals surface area contributed by atoms with Gasteiger partial charge in [0.1, 0.15) is 5.75 Å². The molecule has 0 aliphatic rings. The van der Waals surface area contributed by atoms with Crippen LogP contribution in [-0.2, 0) is 0 Å². The van der Waals surface area contributed by atoms with Crippen molar-refractivity contribution in [2.75, 3.05) is 5.73 Å². The maximum absolute atomic E-state index is 5.73. The Hall–Kier alpha value is -2.40. The number of nitrogens with zero attached hydrogens (tertiary/aromatic N) is 2. The first-order valence-electron chi connectivity index (χ1n) is 6.11. The number of nitrogen functional groups attached to an aromatic ring is 1. The van der Waals surface area contributed by atoms with Gasteiger partial charge in [-0.05, 0) is 42.3 Å². The molecule has 2 N–H and O–H groups in total. The third-order valence-corrected chi connectivity index (χ3v) is 3.74. The van der Waals surface area contributed by atoms with Crippen LogP contribution in [0.15, 0.2) is 48.2 Å². The molecule has 0 saturated heterocycles. The summed E-state index contributed by atoms with van der Waals surface area (Å²) in [7, 11) is 0. The number of pyridine rings is 1. The lowest BCUT2D eigenvalue weighted by molar-refractivity contribution is 0.463. The van der Waals surface area contributed by atoms with Crippen molar-refractivity contribution < 1.29 is 4.74 Å². The van der Waals surface area contributed by atoms with Crippen molar-refractivity contribution in [3.63, 3.8) is 0 Å². The quantitative estimate of drug-likeness (QED) is 0.792. The van der Waals surface area contributed by atoms with Crippen molar-refractivity contribution in [1.29, 1.82) is 0 Å². The van der Waals surface area contributed by atoms with Gasteiger partial charge in [0.2, 0.25) is 5.88 Å². The topological polar surface area (TPSA) is 61.0 Å². The van der Waals surface area contributed by atoms with Gasteiger partial charge < -0.3 is 10.5 Å². The molecule has 0 spiro atoms. The Labute approximate surface area is 120 Å². The van der Waals surface area contributed by atoms with E-state index in [-0.39, 0.29) is 0 Å². The molecule has 0 aliphatic carbocycles. The van der Waals surface area contributed by atoms with E-state index in [4.69, 9.17) is 10.5 Å². The van der Waals surface area contributed by atoms with Crippen LogP contribution in [0.3, 0.4) is 0 Å². The van der Waals surface area contributed by atoms with Gasteiger partial charge in [0.05, 0.1) is 22.3 Å². The van der Waals surface area contributed by atoms with Crippen molar-refractivity contribution in [2.24, 2.45) is 0 Å². The molecular formula is C15H13N3OS. The van der Waals surface area contributed by atoms with Gasteiger partial charge in [0.25, 0.3) is 0 Å². The number of benzene rings is 1. The minimum absolute atomic E-state index is 0.544. The molecule has 0 fully saturated rings. The molecule has 1 aromatic carbocycles. The largest absolute Gasteiger partial charge is 0.439 e. The molecule has 4 nitrogen and oxygen atoms in total. The Morgan fingerprint density at radius 1 is 1.15 bits per heavy atom. The molecule has 0 unspecified atom stereocenters. The van der Waals surface area contributed by atoms with Gasteiger partial charge in [-0.2, -0.15) is 0 Å². The second-order valence-electron chi connectivity index (χ2n) is 4.37. The number of anilines is 1.